The van der Waals surface area contributed by atoms with Crippen molar-refractivity contribution in [1.29, 1.82) is 0 Å². The Balaban J connectivity index is 2.15. The molecule has 1 N–H and O–H groups in total. The van der Waals surface area contributed by atoms with E-state index in [1.807, 2.05) is 0 Å². The Kier molecular flexibility index (Phi) is 6.07. The fourth-order valence-corrected chi connectivity index (χ4v) is 2.37. The molecule has 4 nitrogen and oxygen atoms in total. The van der Waals surface area contributed by atoms with E-state index >= 15 is 0 Å². The van der Waals surface area contributed by atoms with Crippen molar-refractivity contribution in [3.63, 3.8) is 0 Å². The summed E-state index contributed by atoms with van der Waals surface area (Å²) in [5, 5.41) is 3.65. The summed E-state index contributed by atoms with van der Waals surface area (Å²) in [4.78, 5) is 12.4. The van der Waals surface area contributed by atoms with Gasteiger partial charge in [0.05, 0.1) is 12.2 Å². The van der Waals surface area contributed by atoms with Crippen molar-refractivity contribution >= 4 is 34.8 Å². The Morgan fingerprint density at radius 2 is 1.77 bits per heavy atom. The van der Waals surface area contributed by atoms with Gasteiger partial charge in [-0.15, -0.1) is 0 Å². The Morgan fingerprint density at radius 1 is 1.09 bits per heavy atom. The van der Waals surface area contributed by atoms with Crippen LogP contribution in [0.25, 0.3) is 0 Å². The molecule has 0 saturated carbocycles. The van der Waals surface area contributed by atoms with Gasteiger partial charge >= 0.3 is 0 Å². The highest BCUT2D eigenvalue weighted by Crippen LogP contribution is 2.24. The van der Waals surface area contributed by atoms with Crippen LogP contribution < -0.4 is 10.1 Å². The molecular weight excluding hydrogens is 325 g/mol. The van der Waals surface area contributed by atoms with Crippen LogP contribution in [-0.2, 0) is 4.74 Å². The average Bonchev–Trinajstić information content (AvgIpc) is 2.47. The number of halogens is 2. The predicted octanol–water partition coefficient (Wildman–Crippen LogP) is 4.27. The molecule has 6 heteroatoms. The number of benzene rings is 2. The van der Waals surface area contributed by atoms with E-state index in [9.17, 15) is 4.79 Å². The second kappa shape index (κ2) is 8.03. The van der Waals surface area contributed by atoms with Crippen LogP contribution in [0.5, 0.6) is 5.75 Å². The molecule has 0 aliphatic carbocycles. The lowest BCUT2D eigenvalue weighted by molar-refractivity contribution is 0.101. The molecule has 0 aromatic heterocycles. The van der Waals surface area contributed by atoms with Gasteiger partial charge in [-0.25, -0.2) is 0 Å². The highest BCUT2D eigenvalue weighted by Gasteiger charge is 2.13. The largest absolute Gasteiger partial charge is 0.490 e. The molecule has 22 heavy (non-hydrogen) atoms. The van der Waals surface area contributed by atoms with Crippen LogP contribution in [0.3, 0.4) is 0 Å². The minimum Gasteiger partial charge on any atom is -0.490 e. The smallest absolute Gasteiger partial charge is 0.259 e. The first-order valence-electron chi connectivity index (χ1n) is 6.58. The van der Waals surface area contributed by atoms with Gasteiger partial charge < -0.3 is 14.8 Å². The van der Waals surface area contributed by atoms with E-state index in [4.69, 9.17) is 32.7 Å². The normalized spacial score (nSPS) is 10.3. The Morgan fingerprint density at radius 3 is 2.45 bits per heavy atom. The van der Waals surface area contributed by atoms with Gasteiger partial charge in [-0.3, -0.25) is 4.79 Å². The molecule has 0 unspecified atom stereocenters. The first kappa shape index (κ1) is 16.6. The number of amides is 1. The Labute approximate surface area is 138 Å². The van der Waals surface area contributed by atoms with Gasteiger partial charge in [-0.2, -0.15) is 0 Å². The molecule has 0 heterocycles. The van der Waals surface area contributed by atoms with Crippen molar-refractivity contribution < 1.29 is 14.3 Å². The van der Waals surface area contributed by atoms with Crippen molar-refractivity contribution in [3.05, 3.63) is 58.1 Å². The van der Waals surface area contributed by atoms with Crippen LogP contribution >= 0.6 is 23.2 Å². The SMILES string of the molecule is COCCOc1ccccc1C(=O)Nc1cc(Cl)cc(Cl)c1. The summed E-state index contributed by atoms with van der Waals surface area (Å²) in [5.74, 6) is 0.191. The van der Waals surface area contributed by atoms with Gasteiger partial charge in [0.2, 0.25) is 0 Å². The van der Waals surface area contributed by atoms with Crippen molar-refractivity contribution in [2.75, 3.05) is 25.6 Å². The number of methoxy groups -OCH3 is 1. The van der Waals surface area contributed by atoms with E-state index in [2.05, 4.69) is 5.32 Å². The van der Waals surface area contributed by atoms with Gasteiger partial charge in [-0.1, -0.05) is 35.3 Å². The van der Waals surface area contributed by atoms with E-state index in [1.165, 1.54) is 0 Å². The summed E-state index contributed by atoms with van der Waals surface area (Å²) in [7, 11) is 1.59. The molecule has 0 bridgehead atoms. The molecule has 0 fully saturated rings. The Hall–Kier alpha value is -1.75. The summed E-state index contributed by atoms with van der Waals surface area (Å²) in [6, 6.07) is 11.8. The van der Waals surface area contributed by atoms with Crippen LogP contribution in [0.2, 0.25) is 10.0 Å². The molecule has 0 spiro atoms. The van der Waals surface area contributed by atoms with Gasteiger partial charge in [0.15, 0.2) is 0 Å². The maximum atomic E-state index is 12.4. The standard InChI is InChI=1S/C16H15Cl2NO3/c1-21-6-7-22-15-5-3-2-4-14(15)16(20)19-13-9-11(17)8-12(18)10-13/h2-5,8-10H,6-7H2,1H3,(H,19,20). The number of carbonyl (C=O) groups excluding carboxylic acids is 1. The molecule has 116 valence electrons. The van der Waals surface area contributed by atoms with Crippen molar-refractivity contribution in [1.82, 2.24) is 0 Å². The minimum absolute atomic E-state index is 0.300. The highest BCUT2D eigenvalue weighted by atomic mass is 35.5. The number of anilines is 1. The van der Waals surface area contributed by atoms with E-state index < -0.39 is 0 Å². The van der Waals surface area contributed by atoms with E-state index in [0.29, 0.717) is 40.3 Å². The van der Waals surface area contributed by atoms with Crippen molar-refractivity contribution in [3.8, 4) is 5.75 Å². The number of nitrogens with one attached hydrogen (secondary N) is 1. The molecular formula is C16H15Cl2NO3. The number of hydrogen-bond donors (Lipinski definition) is 1. The third-order valence-corrected chi connectivity index (χ3v) is 3.23. The summed E-state index contributed by atoms with van der Waals surface area (Å²) in [6.07, 6.45) is 0. The lowest BCUT2D eigenvalue weighted by atomic mass is 10.2. The van der Waals surface area contributed by atoms with Crippen LogP contribution in [-0.4, -0.2) is 26.2 Å². The van der Waals surface area contributed by atoms with Crippen LogP contribution in [0.1, 0.15) is 10.4 Å². The lowest BCUT2D eigenvalue weighted by Gasteiger charge is -2.11. The van der Waals surface area contributed by atoms with Crippen LogP contribution in [0.15, 0.2) is 42.5 Å². The highest BCUT2D eigenvalue weighted by molar-refractivity contribution is 6.35. The fraction of sp³-hybridized carbons (Fsp3) is 0.188. The van der Waals surface area contributed by atoms with Crippen LogP contribution in [0, 0.1) is 0 Å². The second-order valence-corrected chi connectivity index (χ2v) is 5.32. The molecule has 0 radical (unpaired) electrons. The minimum atomic E-state index is -0.300. The number of hydrogen-bond acceptors (Lipinski definition) is 3. The zero-order valence-electron chi connectivity index (χ0n) is 11.9. The quantitative estimate of drug-likeness (QED) is 0.799. The maximum Gasteiger partial charge on any atom is 0.259 e. The number of para-hydroxylation sites is 1. The predicted molar refractivity (Wildman–Crippen MR) is 88.2 cm³/mol. The summed E-state index contributed by atoms with van der Waals surface area (Å²) >= 11 is 11.8. The second-order valence-electron chi connectivity index (χ2n) is 4.45. The summed E-state index contributed by atoms with van der Waals surface area (Å²) < 4.78 is 10.5. The zero-order valence-corrected chi connectivity index (χ0v) is 13.4. The van der Waals surface area contributed by atoms with Gasteiger partial charge in [-0.05, 0) is 30.3 Å². The van der Waals surface area contributed by atoms with Crippen molar-refractivity contribution in [2.45, 2.75) is 0 Å². The summed E-state index contributed by atoms with van der Waals surface area (Å²) in [5.41, 5.74) is 0.948. The third-order valence-electron chi connectivity index (χ3n) is 2.80. The topological polar surface area (TPSA) is 47.6 Å². The number of rotatable bonds is 6. The number of ether oxygens (including phenoxy) is 2. The van der Waals surface area contributed by atoms with E-state index in [0.717, 1.165) is 0 Å². The molecule has 2 rings (SSSR count). The Bertz CT molecular complexity index is 641. The van der Waals surface area contributed by atoms with E-state index in [1.54, 1.807) is 49.6 Å². The van der Waals surface area contributed by atoms with Crippen LogP contribution in [0.4, 0.5) is 5.69 Å². The third kappa shape index (κ3) is 4.63. The fourth-order valence-electron chi connectivity index (χ4n) is 1.84. The van der Waals surface area contributed by atoms with Gasteiger partial charge in [0.25, 0.3) is 5.91 Å². The molecule has 2 aromatic rings. The molecule has 2 aromatic carbocycles. The first-order valence-corrected chi connectivity index (χ1v) is 7.34. The first-order chi connectivity index (χ1) is 10.6. The molecule has 1 amide bonds. The van der Waals surface area contributed by atoms with Gasteiger partial charge in [0.1, 0.15) is 12.4 Å². The monoisotopic (exact) mass is 339 g/mol. The average molecular weight is 340 g/mol. The summed E-state index contributed by atoms with van der Waals surface area (Å²) in [6.45, 7) is 0.809. The molecule has 0 saturated heterocycles. The lowest BCUT2D eigenvalue weighted by Crippen LogP contribution is -2.14. The van der Waals surface area contributed by atoms with Gasteiger partial charge in [0, 0.05) is 22.8 Å². The van der Waals surface area contributed by atoms with Crippen molar-refractivity contribution in [2.24, 2.45) is 0 Å². The number of carbonyl (C=O) groups is 1. The molecule has 0 aliphatic heterocycles. The zero-order chi connectivity index (χ0) is 15.9. The van der Waals surface area contributed by atoms with E-state index in [-0.39, 0.29) is 5.91 Å². The molecule has 0 atom stereocenters. The maximum absolute atomic E-state index is 12.4. The molecule has 0 aliphatic rings.